The molecule has 22 heteroatoms. The molecule has 0 saturated heterocycles. The summed E-state index contributed by atoms with van der Waals surface area (Å²) in [5, 5.41) is 5.53. The van der Waals surface area contributed by atoms with Crippen LogP contribution in [0.25, 0.3) is 22.1 Å². The minimum absolute atomic E-state index is 0.164. The van der Waals surface area contributed by atoms with Gasteiger partial charge in [0.2, 0.25) is 0 Å². The number of aromatic nitrogens is 4. The van der Waals surface area contributed by atoms with Crippen molar-refractivity contribution in [2.45, 2.75) is 117 Å². The van der Waals surface area contributed by atoms with Gasteiger partial charge in [-0.05, 0) is 84.3 Å². The molecule has 0 aliphatic rings. The van der Waals surface area contributed by atoms with E-state index in [0.717, 1.165) is 56.4 Å². The molecule has 4 aromatic carbocycles. The predicted molar refractivity (Wildman–Crippen MR) is 284 cm³/mol. The number of nitrogens with one attached hydrogen (secondary N) is 2. The average molecular weight is 1070 g/mol. The van der Waals surface area contributed by atoms with Crippen LogP contribution in [0, 0.1) is 0 Å². The van der Waals surface area contributed by atoms with Crippen LogP contribution in [0.3, 0.4) is 0 Å². The molecule has 6 aromatic rings. The van der Waals surface area contributed by atoms with Gasteiger partial charge >= 0.3 is 12.2 Å². The molecule has 0 unspecified atom stereocenters. The van der Waals surface area contributed by atoms with Crippen LogP contribution in [0.1, 0.15) is 46.7 Å². The third-order valence-electron chi connectivity index (χ3n) is 11.2. The molecule has 2 aromatic heterocycles. The van der Waals surface area contributed by atoms with Gasteiger partial charge in [-0.2, -0.15) is 16.8 Å². The number of nitrogens with zero attached hydrogens (tertiary/aromatic N) is 4. The van der Waals surface area contributed by atoms with Crippen LogP contribution in [-0.2, 0) is 91.8 Å². The van der Waals surface area contributed by atoms with Crippen LogP contribution >= 0.6 is 0 Å². The highest BCUT2D eigenvalue weighted by Crippen LogP contribution is 2.22. The molecule has 0 spiro atoms. The molecule has 18 nitrogen and oxygen atoms in total. The average Bonchev–Trinajstić information content (AvgIpc) is 3.84. The van der Waals surface area contributed by atoms with E-state index in [0.29, 0.717) is 57.3 Å². The summed E-state index contributed by atoms with van der Waals surface area (Å²) in [5.41, 5.74) is 6.81. The van der Waals surface area contributed by atoms with Gasteiger partial charge in [-0.25, -0.2) is 19.6 Å². The smallest absolute Gasteiger partial charge is 0.407 e. The number of rotatable bonds is 26. The second-order valence-electron chi connectivity index (χ2n) is 19.9. The van der Waals surface area contributed by atoms with Crippen LogP contribution in [0.4, 0.5) is 9.59 Å². The molecule has 392 valence electrons. The van der Waals surface area contributed by atoms with Gasteiger partial charge in [0.1, 0.15) is 38.3 Å². The quantitative estimate of drug-likeness (QED) is 0.0225. The topological polar surface area (TPSA) is 239 Å². The summed E-state index contributed by atoms with van der Waals surface area (Å²) in [6, 6.07) is 32.4. The number of aryl methyl sites for hydroxylation is 2. The molecule has 0 aliphatic heterocycles. The monoisotopic (exact) mass is 1070 g/mol. The third kappa shape index (κ3) is 21.3. The summed E-state index contributed by atoms with van der Waals surface area (Å²) in [7, 11) is -10.5. The van der Waals surface area contributed by atoms with E-state index in [-0.39, 0.29) is 44.5 Å². The molecule has 0 radical (unpaired) electrons. The van der Waals surface area contributed by atoms with E-state index in [1.165, 1.54) is 0 Å². The lowest BCUT2D eigenvalue weighted by Crippen LogP contribution is -2.26. The summed E-state index contributed by atoms with van der Waals surface area (Å²) in [5.74, 6) is 0.684. The van der Waals surface area contributed by atoms with Gasteiger partial charge in [-0.15, -0.1) is 0 Å². The van der Waals surface area contributed by atoms with Gasteiger partial charge in [0.15, 0.2) is 0 Å². The second-order valence-corrected chi connectivity index (χ2v) is 34.3. The fourth-order valence-electron chi connectivity index (χ4n) is 7.15. The van der Waals surface area contributed by atoms with E-state index in [1.54, 1.807) is 0 Å². The lowest BCUT2D eigenvalue weighted by molar-refractivity contribution is 0.0872. The van der Waals surface area contributed by atoms with E-state index in [1.807, 2.05) is 106 Å². The van der Waals surface area contributed by atoms with E-state index < -0.39 is 48.6 Å². The Morgan fingerprint density at radius 3 is 1.44 bits per heavy atom. The van der Waals surface area contributed by atoms with Crippen molar-refractivity contribution in [3.8, 4) is 0 Å². The fraction of sp³-hybridized carbons (Fsp3) is 0.440. The SMILES string of the molecule is C[Si](C)(C)CCOCn1c(CNC(=O)OCc2ccccc2)nc2cc(CCCS(=O)(=O)O)ccc21.C[Si](C)(C)CCOCn1c(CNC(=O)OCc2ccccc2)nc2ccc(CCCS(=O)(=O)O)cc21. The number of hydrogen-bond acceptors (Lipinski definition) is 12. The van der Waals surface area contributed by atoms with Gasteiger partial charge in [0, 0.05) is 29.4 Å². The van der Waals surface area contributed by atoms with Crippen molar-refractivity contribution in [1.82, 2.24) is 29.7 Å². The Bertz CT molecular complexity index is 2850. The summed E-state index contributed by atoms with van der Waals surface area (Å²) in [4.78, 5) is 33.9. The molecule has 0 atom stereocenters. The highest BCUT2D eigenvalue weighted by Gasteiger charge is 2.18. The lowest BCUT2D eigenvalue weighted by Gasteiger charge is -2.16. The molecule has 4 N–H and O–H groups in total. The number of ether oxygens (including phenoxy) is 4. The number of amides is 2. The first-order valence-corrected chi connectivity index (χ1v) is 34.5. The largest absolute Gasteiger partial charge is 0.445 e. The number of hydrogen-bond donors (Lipinski definition) is 4. The first-order valence-electron chi connectivity index (χ1n) is 23.9. The highest BCUT2D eigenvalue weighted by atomic mass is 32.2. The van der Waals surface area contributed by atoms with Crippen molar-refractivity contribution in [3.63, 3.8) is 0 Å². The van der Waals surface area contributed by atoms with E-state index >= 15 is 0 Å². The molecule has 6 rings (SSSR count). The van der Waals surface area contributed by atoms with Crippen LogP contribution in [0.2, 0.25) is 51.4 Å². The van der Waals surface area contributed by atoms with E-state index in [2.05, 4.69) is 54.9 Å². The van der Waals surface area contributed by atoms with Gasteiger partial charge in [0.05, 0.1) is 46.7 Å². The van der Waals surface area contributed by atoms with Gasteiger partial charge in [0.25, 0.3) is 20.2 Å². The Balaban J connectivity index is 0.000000267. The molecule has 0 fully saturated rings. The van der Waals surface area contributed by atoms with Crippen molar-refractivity contribution >= 4 is 70.6 Å². The summed E-state index contributed by atoms with van der Waals surface area (Å²) >= 11 is 0. The molecule has 0 bridgehead atoms. The molecule has 0 saturated carbocycles. The van der Waals surface area contributed by atoms with Crippen molar-refractivity contribution in [2.75, 3.05) is 24.7 Å². The molecule has 72 heavy (non-hydrogen) atoms. The zero-order valence-corrected chi connectivity index (χ0v) is 45.8. The van der Waals surface area contributed by atoms with E-state index in [4.69, 9.17) is 33.0 Å². The minimum Gasteiger partial charge on any atom is -0.445 e. The van der Waals surface area contributed by atoms with Gasteiger partial charge < -0.3 is 38.7 Å². The van der Waals surface area contributed by atoms with Crippen molar-refractivity contribution in [2.24, 2.45) is 0 Å². The highest BCUT2D eigenvalue weighted by molar-refractivity contribution is 7.86. The van der Waals surface area contributed by atoms with Crippen molar-refractivity contribution in [3.05, 3.63) is 131 Å². The second kappa shape index (κ2) is 27.0. The summed E-state index contributed by atoms with van der Waals surface area (Å²) in [6.07, 6.45) is 0.538. The fourth-order valence-corrected chi connectivity index (χ4v) is 9.68. The molecule has 2 heterocycles. The van der Waals surface area contributed by atoms with Crippen LogP contribution in [0.15, 0.2) is 97.1 Å². The van der Waals surface area contributed by atoms with Crippen LogP contribution in [0.5, 0.6) is 0 Å². The Labute approximate surface area is 425 Å². The molecule has 2 amide bonds. The number of imidazole rings is 2. The van der Waals surface area contributed by atoms with E-state index in [9.17, 15) is 26.4 Å². The molecule has 0 aliphatic carbocycles. The van der Waals surface area contributed by atoms with Gasteiger partial charge in [-0.3, -0.25) is 9.11 Å². The Hall–Kier alpha value is -5.47. The minimum atomic E-state index is -3.99. The Morgan fingerprint density at radius 1 is 0.556 bits per heavy atom. The lowest BCUT2D eigenvalue weighted by atomic mass is 10.1. The number of carbonyl (C=O) groups excluding carboxylic acids is 2. The first-order chi connectivity index (χ1) is 34.0. The van der Waals surface area contributed by atoms with Crippen molar-refractivity contribution < 1.29 is 54.5 Å². The zero-order chi connectivity index (χ0) is 52.4. The normalized spacial score (nSPS) is 12.1. The Kier molecular flexibility index (Phi) is 21.5. The number of alkyl carbamates (subject to hydrolysis) is 2. The van der Waals surface area contributed by atoms with Crippen molar-refractivity contribution in [1.29, 1.82) is 0 Å². The molecular weight excluding hydrogens is 997 g/mol. The number of carbonyl (C=O) groups is 2. The first kappa shape index (κ1) is 57.4. The number of benzene rings is 4. The van der Waals surface area contributed by atoms with Crippen LogP contribution in [-0.4, -0.2) is 98.1 Å². The third-order valence-corrected chi connectivity index (χ3v) is 16.2. The Morgan fingerprint density at radius 2 is 0.986 bits per heavy atom. The van der Waals surface area contributed by atoms with Gasteiger partial charge in [-0.1, -0.05) is 112 Å². The summed E-state index contributed by atoms with van der Waals surface area (Å²) in [6.45, 7) is 16.3. The molecular formula is C50H70N6O12S2Si2. The standard InChI is InChI=1S/2C25H35N3O6SSi/c1-36(2,3)15-13-33-19-28-23-12-11-20(10-7-14-35(30,31)32)16-22(23)27-24(28)17-26-25(29)34-18-21-8-5-4-6-9-21;1-36(2,3)15-13-33-19-28-23-16-20(10-7-14-35(30,31)32)11-12-22(23)27-24(28)17-26-25(29)34-18-21-8-5-4-6-9-21/h2*4-6,8-9,11-12,16H,7,10,13-15,17-19H2,1-3H3,(H,26,29)(H,30,31,32). The maximum absolute atomic E-state index is 12.3. The predicted octanol–water partition coefficient (Wildman–Crippen LogP) is 9.19. The van der Waals surface area contributed by atoms with Crippen LogP contribution < -0.4 is 10.6 Å². The maximum Gasteiger partial charge on any atom is 0.407 e. The summed E-state index contributed by atoms with van der Waals surface area (Å²) < 4.78 is 88.5. The zero-order valence-electron chi connectivity index (χ0n) is 42.1. The number of fused-ring (bicyclic) bond motifs is 2. The maximum atomic E-state index is 12.3.